The summed E-state index contributed by atoms with van der Waals surface area (Å²) in [4.78, 5) is 12.4. The van der Waals surface area contributed by atoms with Crippen molar-refractivity contribution in [3.05, 3.63) is 66.7 Å². The van der Waals surface area contributed by atoms with Crippen LogP contribution in [0.25, 0.3) is 0 Å². The van der Waals surface area contributed by atoms with Crippen molar-refractivity contribution in [2.75, 3.05) is 38.5 Å². The van der Waals surface area contributed by atoms with E-state index in [0.717, 1.165) is 0 Å². The number of hydrogen-bond acceptors (Lipinski definition) is 7. The van der Waals surface area contributed by atoms with E-state index in [1.807, 2.05) is 0 Å². The fraction of sp³-hybridized carbons (Fsp3) is 0.174. The summed E-state index contributed by atoms with van der Waals surface area (Å²) in [6.45, 7) is -0.121. The van der Waals surface area contributed by atoms with Gasteiger partial charge in [0.2, 0.25) is 15.7 Å². The smallest absolute Gasteiger partial charge is 0.243 e. The van der Waals surface area contributed by atoms with Gasteiger partial charge in [-0.15, -0.1) is 0 Å². The van der Waals surface area contributed by atoms with Gasteiger partial charge in [0.05, 0.1) is 43.4 Å². The van der Waals surface area contributed by atoms with E-state index in [4.69, 9.17) is 14.2 Å². The predicted octanol–water partition coefficient (Wildman–Crippen LogP) is 3.60. The number of carbonyl (C=O) groups excluding carboxylic acids is 1. The number of ether oxygens (including phenoxy) is 3. The minimum absolute atomic E-state index is 0.0458. The summed E-state index contributed by atoms with van der Waals surface area (Å²) >= 11 is 0. The molecule has 0 heterocycles. The molecule has 0 bridgehead atoms. The molecular formula is C23H24N2O6S. The maximum absolute atomic E-state index is 13.3. The Morgan fingerprint density at radius 1 is 0.844 bits per heavy atom. The third kappa shape index (κ3) is 5.12. The number of amides is 1. The first-order valence-corrected chi connectivity index (χ1v) is 11.1. The predicted molar refractivity (Wildman–Crippen MR) is 122 cm³/mol. The molecule has 32 heavy (non-hydrogen) atoms. The summed E-state index contributed by atoms with van der Waals surface area (Å²) in [6, 6.07) is 17.7. The lowest BCUT2D eigenvalue weighted by Gasteiger charge is -2.14. The molecule has 0 aliphatic heterocycles. The molecule has 0 saturated heterocycles. The molecule has 0 fully saturated rings. The van der Waals surface area contributed by atoms with Gasteiger partial charge in [0.25, 0.3) is 0 Å². The Kier molecular flexibility index (Phi) is 7.21. The minimum Gasteiger partial charge on any atom is -0.497 e. The summed E-state index contributed by atoms with van der Waals surface area (Å²) in [5.41, 5.74) is 0.913. The van der Waals surface area contributed by atoms with Crippen molar-refractivity contribution in [3.63, 3.8) is 0 Å². The van der Waals surface area contributed by atoms with E-state index in [2.05, 4.69) is 10.6 Å². The molecule has 8 nitrogen and oxygen atoms in total. The van der Waals surface area contributed by atoms with Gasteiger partial charge in [0.1, 0.15) is 5.75 Å². The van der Waals surface area contributed by atoms with Crippen LogP contribution in [0.1, 0.15) is 0 Å². The molecule has 3 aromatic carbocycles. The zero-order valence-corrected chi connectivity index (χ0v) is 18.7. The van der Waals surface area contributed by atoms with E-state index < -0.39 is 9.84 Å². The number of rotatable bonds is 9. The highest BCUT2D eigenvalue weighted by molar-refractivity contribution is 7.91. The van der Waals surface area contributed by atoms with Gasteiger partial charge in [0.15, 0.2) is 11.5 Å². The van der Waals surface area contributed by atoms with Crippen LogP contribution in [0.2, 0.25) is 0 Å². The number of anilines is 2. The van der Waals surface area contributed by atoms with Crippen molar-refractivity contribution in [2.24, 2.45) is 0 Å². The molecule has 3 rings (SSSR count). The highest BCUT2D eigenvalue weighted by atomic mass is 32.2. The number of hydrogen-bond donors (Lipinski definition) is 2. The molecule has 0 aliphatic rings. The Hall–Kier alpha value is -3.72. The Labute approximate surface area is 187 Å². The number of carbonyl (C=O) groups is 1. The molecular weight excluding hydrogens is 432 g/mol. The van der Waals surface area contributed by atoms with Crippen LogP contribution in [0.15, 0.2) is 76.5 Å². The fourth-order valence-electron chi connectivity index (χ4n) is 3.01. The molecule has 0 radical (unpaired) electrons. The van der Waals surface area contributed by atoms with Gasteiger partial charge in [-0.25, -0.2) is 8.42 Å². The Bertz CT molecular complexity index is 1190. The standard InChI is InChI=1S/C23H24N2O6S/c1-29-17-10-8-16(9-11-17)25-23(26)15-24-19-6-4-5-7-22(19)32(27,28)18-12-13-20(30-2)21(14-18)31-3/h4-14,24H,15H2,1-3H3,(H,25,26). The van der Waals surface area contributed by atoms with Crippen molar-refractivity contribution in [3.8, 4) is 17.2 Å². The monoisotopic (exact) mass is 456 g/mol. The quantitative estimate of drug-likeness (QED) is 0.507. The maximum atomic E-state index is 13.3. The lowest BCUT2D eigenvalue weighted by Crippen LogP contribution is -2.22. The zero-order valence-electron chi connectivity index (χ0n) is 17.9. The Balaban J connectivity index is 1.78. The first-order chi connectivity index (χ1) is 15.4. The first kappa shape index (κ1) is 23.0. The average Bonchev–Trinajstić information content (AvgIpc) is 2.82. The van der Waals surface area contributed by atoms with Crippen LogP contribution in [0.5, 0.6) is 17.2 Å². The van der Waals surface area contributed by atoms with E-state index in [1.54, 1.807) is 49.6 Å². The second-order valence-electron chi connectivity index (χ2n) is 6.65. The van der Waals surface area contributed by atoms with Crippen molar-refractivity contribution >= 4 is 27.1 Å². The highest BCUT2D eigenvalue weighted by Crippen LogP contribution is 2.34. The van der Waals surface area contributed by atoms with E-state index >= 15 is 0 Å². The number of benzene rings is 3. The molecule has 0 atom stereocenters. The van der Waals surface area contributed by atoms with Gasteiger partial charge < -0.3 is 24.8 Å². The van der Waals surface area contributed by atoms with Crippen LogP contribution in [0, 0.1) is 0 Å². The Morgan fingerprint density at radius 2 is 1.53 bits per heavy atom. The molecule has 2 N–H and O–H groups in total. The molecule has 0 aliphatic carbocycles. The van der Waals surface area contributed by atoms with Crippen LogP contribution in [0.4, 0.5) is 11.4 Å². The van der Waals surface area contributed by atoms with Crippen LogP contribution < -0.4 is 24.8 Å². The molecule has 3 aromatic rings. The SMILES string of the molecule is COc1ccc(NC(=O)CNc2ccccc2S(=O)(=O)c2ccc(OC)c(OC)c2)cc1. The molecule has 0 unspecified atom stereocenters. The van der Waals surface area contributed by atoms with Crippen LogP contribution >= 0.6 is 0 Å². The van der Waals surface area contributed by atoms with E-state index in [9.17, 15) is 13.2 Å². The molecule has 1 amide bonds. The zero-order chi connectivity index (χ0) is 23.1. The van der Waals surface area contributed by atoms with Crippen LogP contribution in [-0.4, -0.2) is 42.2 Å². The van der Waals surface area contributed by atoms with Crippen LogP contribution in [0.3, 0.4) is 0 Å². The van der Waals surface area contributed by atoms with Gasteiger partial charge in [0, 0.05) is 11.8 Å². The highest BCUT2D eigenvalue weighted by Gasteiger charge is 2.23. The molecule has 168 valence electrons. The summed E-state index contributed by atoms with van der Waals surface area (Å²) in [5, 5.41) is 5.66. The summed E-state index contributed by atoms with van der Waals surface area (Å²) in [7, 11) is 0.585. The van der Waals surface area contributed by atoms with E-state index in [0.29, 0.717) is 28.6 Å². The average molecular weight is 457 g/mol. The lowest BCUT2D eigenvalue weighted by molar-refractivity contribution is -0.114. The van der Waals surface area contributed by atoms with Gasteiger partial charge in [-0.05, 0) is 48.5 Å². The van der Waals surface area contributed by atoms with Crippen molar-refractivity contribution < 1.29 is 27.4 Å². The minimum atomic E-state index is -3.89. The van der Waals surface area contributed by atoms with E-state index in [-0.39, 0.29) is 22.2 Å². The van der Waals surface area contributed by atoms with E-state index in [1.165, 1.54) is 38.5 Å². The largest absolute Gasteiger partial charge is 0.497 e. The molecule has 0 aromatic heterocycles. The second-order valence-corrected chi connectivity index (χ2v) is 8.56. The van der Waals surface area contributed by atoms with Crippen molar-refractivity contribution in [1.82, 2.24) is 0 Å². The number of methoxy groups -OCH3 is 3. The van der Waals surface area contributed by atoms with Gasteiger partial charge >= 0.3 is 0 Å². The van der Waals surface area contributed by atoms with Gasteiger partial charge in [-0.2, -0.15) is 0 Å². The van der Waals surface area contributed by atoms with Gasteiger partial charge in [-0.1, -0.05) is 12.1 Å². The van der Waals surface area contributed by atoms with Crippen molar-refractivity contribution in [2.45, 2.75) is 9.79 Å². The molecule has 0 saturated carbocycles. The number of sulfone groups is 1. The summed E-state index contributed by atoms with van der Waals surface area (Å²) < 4.78 is 42.0. The second kappa shape index (κ2) is 10.1. The first-order valence-electron chi connectivity index (χ1n) is 9.63. The lowest BCUT2D eigenvalue weighted by atomic mass is 10.3. The molecule has 9 heteroatoms. The summed E-state index contributed by atoms with van der Waals surface area (Å²) in [5.74, 6) is 1.08. The van der Waals surface area contributed by atoms with Crippen molar-refractivity contribution in [1.29, 1.82) is 0 Å². The normalized spacial score (nSPS) is 10.8. The summed E-state index contributed by atoms with van der Waals surface area (Å²) in [6.07, 6.45) is 0. The third-order valence-corrected chi connectivity index (χ3v) is 6.46. The van der Waals surface area contributed by atoms with Crippen LogP contribution in [-0.2, 0) is 14.6 Å². The number of para-hydroxylation sites is 1. The van der Waals surface area contributed by atoms with Gasteiger partial charge in [-0.3, -0.25) is 4.79 Å². The maximum Gasteiger partial charge on any atom is 0.243 e. The topological polar surface area (TPSA) is 103 Å². The fourth-order valence-corrected chi connectivity index (χ4v) is 4.46. The molecule has 0 spiro atoms. The Morgan fingerprint density at radius 3 is 2.19 bits per heavy atom. The third-order valence-electron chi connectivity index (χ3n) is 4.66. The number of nitrogens with one attached hydrogen (secondary N) is 2.